The lowest BCUT2D eigenvalue weighted by molar-refractivity contribution is -0.141. The number of carbonyl (C=O) groups is 1. The first-order valence-corrected chi connectivity index (χ1v) is 6.04. The van der Waals surface area contributed by atoms with Crippen LogP contribution >= 0.6 is 0 Å². The van der Waals surface area contributed by atoms with Gasteiger partial charge in [-0.2, -0.15) is 0 Å². The van der Waals surface area contributed by atoms with Crippen LogP contribution in [0.4, 0.5) is 0 Å². The predicted molar refractivity (Wildman–Crippen MR) is 68.4 cm³/mol. The third kappa shape index (κ3) is 1.50. The van der Waals surface area contributed by atoms with Gasteiger partial charge in [0.2, 0.25) is 0 Å². The summed E-state index contributed by atoms with van der Waals surface area (Å²) in [5, 5.41) is 9.61. The molecule has 0 amide bonds. The summed E-state index contributed by atoms with van der Waals surface area (Å²) in [7, 11) is 0. The Morgan fingerprint density at radius 2 is 1.59 bits per heavy atom. The van der Waals surface area contributed by atoms with Crippen molar-refractivity contribution in [2.75, 3.05) is 0 Å². The molecule has 2 rings (SSSR count). The van der Waals surface area contributed by atoms with E-state index < -0.39 is 11.4 Å². The lowest BCUT2D eigenvalue weighted by atomic mass is 9.82. The summed E-state index contributed by atoms with van der Waals surface area (Å²) in [6.45, 7) is 10.2. The van der Waals surface area contributed by atoms with E-state index in [0.29, 0.717) is 0 Å². The monoisotopic (exact) mass is 232 g/mol. The molecule has 0 aromatic heterocycles. The van der Waals surface area contributed by atoms with Crippen molar-refractivity contribution in [1.29, 1.82) is 0 Å². The van der Waals surface area contributed by atoms with E-state index in [9.17, 15) is 9.90 Å². The third-order valence-electron chi connectivity index (χ3n) is 4.21. The van der Waals surface area contributed by atoms with Crippen molar-refractivity contribution in [3.63, 3.8) is 0 Å². The van der Waals surface area contributed by atoms with Crippen molar-refractivity contribution in [2.24, 2.45) is 5.41 Å². The van der Waals surface area contributed by atoms with Crippen molar-refractivity contribution >= 4 is 5.97 Å². The fraction of sp³-hybridized carbons (Fsp3) is 0.533. The molecule has 1 saturated carbocycles. The van der Waals surface area contributed by atoms with E-state index in [1.165, 1.54) is 5.56 Å². The molecule has 1 N–H and O–H groups in total. The number of benzene rings is 1. The van der Waals surface area contributed by atoms with E-state index >= 15 is 0 Å². The van der Waals surface area contributed by atoms with Gasteiger partial charge < -0.3 is 5.11 Å². The number of aryl methyl sites for hydroxylation is 3. The summed E-state index contributed by atoms with van der Waals surface area (Å²) in [6.07, 6.45) is 0.736. The quantitative estimate of drug-likeness (QED) is 0.849. The van der Waals surface area contributed by atoms with Crippen molar-refractivity contribution in [2.45, 2.75) is 46.5 Å². The van der Waals surface area contributed by atoms with Gasteiger partial charge in [0.1, 0.15) is 0 Å². The van der Waals surface area contributed by atoms with Crippen molar-refractivity contribution in [3.8, 4) is 0 Å². The second-order valence-electron chi connectivity index (χ2n) is 6.04. The summed E-state index contributed by atoms with van der Waals surface area (Å²) >= 11 is 0. The topological polar surface area (TPSA) is 37.3 Å². The Labute approximate surface area is 103 Å². The predicted octanol–water partition coefficient (Wildman–Crippen LogP) is 3.36. The standard InChI is InChI=1S/C15H20O2/c1-9-6-10(2)12(11(3)7-9)15(13(16)17)8-14(15,4)5/h6-7H,8H2,1-5H3,(H,16,17). The molecule has 2 heteroatoms. The van der Waals surface area contributed by atoms with Gasteiger partial charge in [-0.05, 0) is 49.3 Å². The number of aliphatic carboxylic acids is 1. The molecule has 0 heterocycles. The van der Waals surface area contributed by atoms with Gasteiger partial charge in [-0.25, -0.2) is 0 Å². The molecule has 0 saturated heterocycles. The van der Waals surface area contributed by atoms with E-state index in [4.69, 9.17) is 0 Å². The van der Waals surface area contributed by atoms with Crippen LogP contribution in [-0.2, 0) is 10.2 Å². The molecule has 1 aromatic rings. The van der Waals surface area contributed by atoms with Crippen LogP contribution in [0.1, 0.15) is 42.5 Å². The molecule has 0 spiro atoms. The molecule has 1 aliphatic carbocycles. The summed E-state index contributed by atoms with van der Waals surface area (Å²) in [6, 6.07) is 4.17. The minimum atomic E-state index is -0.683. The SMILES string of the molecule is Cc1cc(C)c(C2(C(=O)O)CC2(C)C)c(C)c1. The van der Waals surface area contributed by atoms with Gasteiger partial charge in [0, 0.05) is 0 Å². The van der Waals surface area contributed by atoms with Crippen molar-refractivity contribution in [1.82, 2.24) is 0 Å². The Morgan fingerprint density at radius 1 is 1.18 bits per heavy atom. The van der Waals surface area contributed by atoms with Crippen LogP contribution in [0.5, 0.6) is 0 Å². The number of hydrogen-bond acceptors (Lipinski definition) is 1. The highest BCUT2D eigenvalue weighted by molar-refractivity contribution is 5.88. The molecular formula is C15H20O2. The van der Waals surface area contributed by atoms with Crippen molar-refractivity contribution in [3.05, 3.63) is 34.4 Å². The number of hydrogen-bond donors (Lipinski definition) is 1. The summed E-state index contributed by atoms with van der Waals surface area (Å²) < 4.78 is 0. The van der Waals surface area contributed by atoms with Crippen molar-refractivity contribution < 1.29 is 9.90 Å². The molecule has 92 valence electrons. The second-order valence-corrected chi connectivity index (χ2v) is 6.04. The molecule has 1 aromatic carbocycles. The smallest absolute Gasteiger partial charge is 0.314 e. The third-order valence-corrected chi connectivity index (χ3v) is 4.21. The summed E-state index contributed by atoms with van der Waals surface area (Å²) in [5.41, 5.74) is 3.63. The van der Waals surface area contributed by atoms with E-state index in [1.54, 1.807) is 0 Å². The molecular weight excluding hydrogens is 212 g/mol. The Kier molecular flexibility index (Phi) is 2.39. The first-order valence-electron chi connectivity index (χ1n) is 6.04. The van der Waals surface area contributed by atoms with Gasteiger partial charge in [0.05, 0.1) is 5.41 Å². The van der Waals surface area contributed by atoms with Gasteiger partial charge in [0.15, 0.2) is 0 Å². The lowest BCUT2D eigenvalue weighted by Crippen LogP contribution is -2.27. The van der Waals surface area contributed by atoms with E-state index in [1.807, 2.05) is 27.7 Å². The van der Waals surface area contributed by atoms with E-state index in [0.717, 1.165) is 23.1 Å². The highest BCUT2D eigenvalue weighted by atomic mass is 16.4. The van der Waals surface area contributed by atoms with E-state index in [-0.39, 0.29) is 5.41 Å². The minimum Gasteiger partial charge on any atom is -0.481 e. The number of carboxylic acid groups (broad SMARTS) is 1. The zero-order chi connectivity index (χ0) is 13.0. The van der Waals surface area contributed by atoms with Gasteiger partial charge in [0.25, 0.3) is 0 Å². The summed E-state index contributed by atoms with van der Waals surface area (Å²) in [4.78, 5) is 11.7. The van der Waals surface area contributed by atoms with Crippen LogP contribution in [0.3, 0.4) is 0 Å². The van der Waals surface area contributed by atoms with E-state index in [2.05, 4.69) is 19.1 Å². The first-order chi connectivity index (χ1) is 7.72. The van der Waals surface area contributed by atoms with Crippen LogP contribution in [0, 0.1) is 26.2 Å². The van der Waals surface area contributed by atoms with Gasteiger partial charge >= 0.3 is 5.97 Å². The molecule has 1 fully saturated rings. The van der Waals surface area contributed by atoms with Crippen LogP contribution < -0.4 is 0 Å². The largest absolute Gasteiger partial charge is 0.481 e. The highest BCUT2D eigenvalue weighted by Gasteiger charge is 2.68. The molecule has 1 atom stereocenters. The first kappa shape index (κ1) is 12.2. The highest BCUT2D eigenvalue weighted by Crippen LogP contribution is 2.65. The molecule has 17 heavy (non-hydrogen) atoms. The molecule has 1 aliphatic rings. The lowest BCUT2D eigenvalue weighted by Gasteiger charge is -2.21. The number of rotatable bonds is 2. The molecule has 2 nitrogen and oxygen atoms in total. The molecule has 0 bridgehead atoms. The zero-order valence-electron chi connectivity index (χ0n) is 11.2. The van der Waals surface area contributed by atoms with Crippen LogP contribution in [0.25, 0.3) is 0 Å². The minimum absolute atomic E-state index is 0.135. The second kappa shape index (κ2) is 3.34. The summed E-state index contributed by atoms with van der Waals surface area (Å²) in [5.74, 6) is -0.683. The fourth-order valence-corrected chi connectivity index (χ4v) is 3.37. The van der Waals surface area contributed by atoms with Gasteiger partial charge in [-0.3, -0.25) is 4.79 Å². The maximum atomic E-state index is 11.7. The zero-order valence-corrected chi connectivity index (χ0v) is 11.2. The average molecular weight is 232 g/mol. The normalized spacial score (nSPS) is 25.7. The Balaban J connectivity index is 2.66. The maximum absolute atomic E-state index is 11.7. The Hall–Kier alpha value is -1.31. The molecule has 0 aliphatic heterocycles. The van der Waals surface area contributed by atoms with Crippen LogP contribution in [0.2, 0.25) is 0 Å². The van der Waals surface area contributed by atoms with Gasteiger partial charge in [-0.1, -0.05) is 31.5 Å². The average Bonchev–Trinajstić information content (AvgIpc) is 2.68. The van der Waals surface area contributed by atoms with Crippen LogP contribution in [0.15, 0.2) is 12.1 Å². The Morgan fingerprint density at radius 3 is 1.88 bits per heavy atom. The number of carboxylic acids is 1. The molecule has 0 radical (unpaired) electrons. The Bertz CT molecular complexity index is 477. The molecule has 1 unspecified atom stereocenters. The van der Waals surface area contributed by atoms with Crippen LogP contribution in [-0.4, -0.2) is 11.1 Å². The fourth-order valence-electron chi connectivity index (χ4n) is 3.37. The van der Waals surface area contributed by atoms with Gasteiger partial charge in [-0.15, -0.1) is 0 Å². The maximum Gasteiger partial charge on any atom is 0.314 e.